The maximum atomic E-state index is 13.6. The molecule has 0 radical (unpaired) electrons. The number of amides is 1. The van der Waals surface area contributed by atoms with E-state index in [4.69, 9.17) is 9.15 Å². The van der Waals surface area contributed by atoms with E-state index in [-0.39, 0.29) is 35.1 Å². The van der Waals surface area contributed by atoms with Crippen molar-refractivity contribution < 1.29 is 19.1 Å². The molecule has 8 heteroatoms. The molecule has 4 aromatic rings. The van der Waals surface area contributed by atoms with Gasteiger partial charge in [-0.3, -0.25) is 4.79 Å². The van der Waals surface area contributed by atoms with E-state index in [0.29, 0.717) is 19.6 Å². The summed E-state index contributed by atoms with van der Waals surface area (Å²) in [4.78, 5) is 19.4. The number of carbonyl (C=O) groups is 1. The summed E-state index contributed by atoms with van der Waals surface area (Å²) in [5.41, 5.74) is 4.87. The summed E-state index contributed by atoms with van der Waals surface area (Å²) >= 11 is 0. The smallest absolute Gasteiger partial charge is 0.262 e. The van der Waals surface area contributed by atoms with Crippen LogP contribution < -0.4 is 10.1 Å². The number of nitrogens with one attached hydrogen (secondary N) is 1. The van der Waals surface area contributed by atoms with Crippen LogP contribution in [0, 0.1) is 11.3 Å². The van der Waals surface area contributed by atoms with Crippen LogP contribution in [0.15, 0.2) is 77.7 Å². The third kappa shape index (κ3) is 4.66. The molecule has 1 aliphatic heterocycles. The molecule has 0 unspecified atom stereocenters. The molecule has 0 spiro atoms. The van der Waals surface area contributed by atoms with Crippen LogP contribution in [0.5, 0.6) is 11.5 Å². The summed E-state index contributed by atoms with van der Waals surface area (Å²) in [6.45, 7) is 1.46. The van der Waals surface area contributed by atoms with Crippen molar-refractivity contribution in [3.8, 4) is 17.6 Å². The number of phenols is 1. The maximum Gasteiger partial charge on any atom is 0.262 e. The van der Waals surface area contributed by atoms with Crippen molar-refractivity contribution in [1.29, 1.82) is 5.26 Å². The van der Waals surface area contributed by atoms with Gasteiger partial charge in [0.25, 0.3) is 5.91 Å². The second-order valence-corrected chi connectivity index (χ2v) is 8.19. The number of hydrogen-bond donors (Lipinski definition) is 2. The van der Waals surface area contributed by atoms with Crippen LogP contribution in [0.25, 0.3) is 0 Å². The Hall–Kier alpha value is -4.77. The van der Waals surface area contributed by atoms with E-state index < -0.39 is 0 Å². The van der Waals surface area contributed by atoms with Crippen LogP contribution in [-0.4, -0.2) is 20.9 Å². The minimum atomic E-state index is -0.367. The van der Waals surface area contributed by atoms with E-state index in [1.54, 1.807) is 11.2 Å². The summed E-state index contributed by atoms with van der Waals surface area (Å²) in [7, 11) is 0. The fourth-order valence-corrected chi connectivity index (χ4v) is 4.13. The van der Waals surface area contributed by atoms with Crippen LogP contribution in [0.1, 0.15) is 38.3 Å². The molecule has 0 saturated carbocycles. The average Bonchev–Trinajstić information content (AvgIpc) is 3.56. The number of nitriles is 1. The zero-order valence-corrected chi connectivity index (χ0v) is 18.8. The summed E-state index contributed by atoms with van der Waals surface area (Å²) in [6.07, 6.45) is 2.96. The zero-order valence-electron chi connectivity index (χ0n) is 18.8. The Morgan fingerprint density at radius 2 is 2.03 bits per heavy atom. The number of aromatic hydroxyl groups is 1. The molecule has 5 rings (SSSR count). The van der Waals surface area contributed by atoms with Gasteiger partial charge in [0.2, 0.25) is 0 Å². The Morgan fingerprint density at radius 1 is 1.17 bits per heavy atom. The molecule has 2 N–H and O–H groups in total. The maximum absolute atomic E-state index is 13.6. The number of ether oxygens (including phenoxy) is 1. The van der Waals surface area contributed by atoms with Gasteiger partial charge in [0.15, 0.2) is 6.39 Å². The molecule has 1 amide bonds. The van der Waals surface area contributed by atoms with Crippen molar-refractivity contribution in [3.05, 3.63) is 107 Å². The second kappa shape index (κ2) is 9.61. The molecule has 174 valence electrons. The molecule has 1 aromatic heterocycles. The van der Waals surface area contributed by atoms with Gasteiger partial charge >= 0.3 is 0 Å². The molecule has 3 aromatic carbocycles. The SMILES string of the molecule is N#Cc1cc(O)c(C(=O)N2Cc3cccc(NCc4cocn4)c3C2)c(OCc2ccccc2)c1. The summed E-state index contributed by atoms with van der Waals surface area (Å²) < 4.78 is 10.9. The van der Waals surface area contributed by atoms with Gasteiger partial charge in [0.05, 0.1) is 23.9 Å². The highest BCUT2D eigenvalue weighted by Gasteiger charge is 2.30. The number of anilines is 1. The van der Waals surface area contributed by atoms with Gasteiger partial charge < -0.3 is 24.5 Å². The fraction of sp³-hybridized carbons (Fsp3) is 0.148. The Bertz CT molecular complexity index is 1390. The van der Waals surface area contributed by atoms with E-state index in [1.807, 2.05) is 54.6 Å². The lowest BCUT2D eigenvalue weighted by molar-refractivity contribution is 0.0743. The van der Waals surface area contributed by atoms with E-state index >= 15 is 0 Å². The molecule has 0 atom stereocenters. The van der Waals surface area contributed by atoms with Crippen molar-refractivity contribution >= 4 is 11.6 Å². The Labute approximate surface area is 202 Å². The van der Waals surface area contributed by atoms with Crippen LogP contribution in [0.2, 0.25) is 0 Å². The predicted molar refractivity (Wildman–Crippen MR) is 127 cm³/mol. The van der Waals surface area contributed by atoms with Gasteiger partial charge in [-0.05, 0) is 34.9 Å². The zero-order chi connectivity index (χ0) is 24.2. The van der Waals surface area contributed by atoms with Gasteiger partial charge in [-0.1, -0.05) is 42.5 Å². The molecule has 1 aliphatic rings. The minimum absolute atomic E-state index is 0.0462. The van der Waals surface area contributed by atoms with E-state index in [1.165, 1.54) is 18.5 Å². The highest BCUT2D eigenvalue weighted by atomic mass is 16.5. The van der Waals surface area contributed by atoms with Crippen LogP contribution in [-0.2, 0) is 26.2 Å². The number of rotatable bonds is 7. The quantitative estimate of drug-likeness (QED) is 0.409. The van der Waals surface area contributed by atoms with Crippen LogP contribution in [0.3, 0.4) is 0 Å². The Kier molecular flexibility index (Phi) is 6.05. The fourth-order valence-electron chi connectivity index (χ4n) is 4.13. The predicted octanol–water partition coefficient (Wildman–Crippen LogP) is 4.60. The highest BCUT2D eigenvalue weighted by molar-refractivity contribution is 6.00. The summed E-state index contributed by atoms with van der Waals surface area (Å²) in [6, 6.07) is 20.2. The molecule has 2 heterocycles. The van der Waals surface area contributed by atoms with E-state index in [9.17, 15) is 15.2 Å². The van der Waals surface area contributed by atoms with Gasteiger partial charge in [-0.25, -0.2) is 4.98 Å². The lowest BCUT2D eigenvalue weighted by atomic mass is 10.1. The molecule has 0 fully saturated rings. The number of hydrogen-bond acceptors (Lipinski definition) is 7. The van der Waals surface area contributed by atoms with E-state index in [2.05, 4.69) is 10.3 Å². The monoisotopic (exact) mass is 466 g/mol. The first-order valence-electron chi connectivity index (χ1n) is 11.1. The lowest BCUT2D eigenvalue weighted by Crippen LogP contribution is -2.26. The van der Waals surface area contributed by atoms with Crippen LogP contribution in [0.4, 0.5) is 5.69 Å². The topological polar surface area (TPSA) is 112 Å². The Balaban J connectivity index is 1.38. The molecule has 35 heavy (non-hydrogen) atoms. The van der Waals surface area contributed by atoms with Crippen molar-refractivity contribution in [1.82, 2.24) is 9.88 Å². The van der Waals surface area contributed by atoms with Crippen molar-refractivity contribution in [3.63, 3.8) is 0 Å². The van der Waals surface area contributed by atoms with Gasteiger partial charge in [-0.2, -0.15) is 5.26 Å². The standard InChI is InChI=1S/C27H22N4O4/c28-11-19-9-24(32)26(25(10-19)35-15-18-5-2-1-3-6-18)27(33)31-13-20-7-4-8-23(22(20)14-31)29-12-21-16-34-17-30-21/h1-10,16-17,29,32H,12-15H2. The molecule has 8 nitrogen and oxygen atoms in total. The molecule has 0 aliphatic carbocycles. The number of oxazole rings is 1. The first-order chi connectivity index (χ1) is 17.1. The summed E-state index contributed by atoms with van der Waals surface area (Å²) in [5.74, 6) is -0.470. The number of fused-ring (bicyclic) bond motifs is 1. The number of carbonyl (C=O) groups excluding carboxylic acids is 1. The molecule has 0 bridgehead atoms. The summed E-state index contributed by atoms with van der Waals surface area (Å²) in [5, 5.41) is 23.4. The van der Waals surface area contributed by atoms with E-state index in [0.717, 1.165) is 28.1 Å². The van der Waals surface area contributed by atoms with Crippen LogP contribution >= 0.6 is 0 Å². The molecule has 0 saturated heterocycles. The third-order valence-electron chi connectivity index (χ3n) is 5.88. The first-order valence-corrected chi connectivity index (χ1v) is 11.1. The van der Waals surface area contributed by atoms with Gasteiger partial charge in [0, 0.05) is 18.8 Å². The third-order valence-corrected chi connectivity index (χ3v) is 5.88. The average molecular weight is 466 g/mol. The normalized spacial score (nSPS) is 12.1. The van der Waals surface area contributed by atoms with Gasteiger partial charge in [-0.15, -0.1) is 0 Å². The number of phenolic OH excluding ortho intramolecular Hbond substituents is 1. The Morgan fingerprint density at radius 3 is 2.80 bits per heavy atom. The highest BCUT2D eigenvalue weighted by Crippen LogP contribution is 2.36. The second-order valence-electron chi connectivity index (χ2n) is 8.19. The minimum Gasteiger partial charge on any atom is -0.507 e. The first kappa shape index (κ1) is 22.0. The van der Waals surface area contributed by atoms with Crippen molar-refractivity contribution in [2.45, 2.75) is 26.2 Å². The molecular formula is C27H22N4O4. The molecular weight excluding hydrogens is 444 g/mol. The van der Waals surface area contributed by atoms with Crippen molar-refractivity contribution in [2.75, 3.05) is 5.32 Å². The van der Waals surface area contributed by atoms with Gasteiger partial charge in [0.1, 0.15) is 29.9 Å². The number of aromatic nitrogens is 1. The lowest BCUT2D eigenvalue weighted by Gasteiger charge is -2.19. The number of nitrogens with zero attached hydrogens (tertiary/aromatic N) is 3. The largest absolute Gasteiger partial charge is 0.507 e. The number of benzene rings is 3. The van der Waals surface area contributed by atoms with Crippen molar-refractivity contribution in [2.24, 2.45) is 0 Å².